The Hall–Kier alpha value is 0.474. The number of aryl methyl sites for hydroxylation is 3. The Labute approximate surface area is 353 Å². The first-order chi connectivity index (χ1) is 20.4. The number of hydrogen-bond donors (Lipinski definition) is 1. The number of halogens is 6. The van der Waals surface area contributed by atoms with E-state index in [1.165, 1.54) is 28.4 Å². The van der Waals surface area contributed by atoms with Crippen molar-refractivity contribution in [1.82, 2.24) is 15.0 Å². The van der Waals surface area contributed by atoms with Gasteiger partial charge in [0.1, 0.15) is 5.69 Å². The van der Waals surface area contributed by atoms with E-state index in [0.29, 0.717) is 31.1 Å². The predicted octanol–water partition coefficient (Wildman–Crippen LogP) is 4.63. The van der Waals surface area contributed by atoms with Gasteiger partial charge in [0, 0.05) is 21.2 Å². The summed E-state index contributed by atoms with van der Waals surface area (Å²) in [7, 11) is 5.70. The zero-order valence-corrected chi connectivity index (χ0v) is 39.6. The first-order valence-electron chi connectivity index (χ1n) is 11.4. The molecule has 0 saturated carbocycles. The van der Waals surface area contributed by atoms with Crippen LogP contribution in [0.2, 0.25) is 0 Å². The Balaban J connectivity index is -0.000000558. The van der Waals surface area contributed by atoms with Crippen molar-refractivity contribution < 1.29 is 78.0 Å². The molecule has 3 rings (SSSR count). The number of esters is 1. The number of carbonyl (C=O) groups is 3. The Morgan fingerprint density at radius 1 is 0.717 bits per heavy atom. The van der Waals surface area contributed by atoms with Crippen LogP contribution >= 0.6 is 108 Å². The van der Waals surface area contributed by atoms with Crippen LogP contribution in [0.15, 0.2) is 31.6 Å². The molecule has 1 N–H and O–H groups in total. The van der Waals surface area contributed by atoms with Crippen molar-refractivity contribution in [2.75, 3.05) is 28.4 Å². The predicted molar refractivity (Wildman–Crippen MR) is 201 cm³/mol. The van der Waals surface area contributed by atoms with Crippen LogP contribution in [0.4, 0.5) is 0 Å². The van der Waals surface area contributed by atoms with Gasteiger partial charge in [0.15, 0.2) is 11.4 Å². The number of ether oxygens (including phenoxy) is 4. The van der Waals surface area contributed by atoms with Gasteiger partial charge in [-0.1, -0.05) is 7.43 Å². The molecule has 0 aliphatic rings. The molecule has 0 unspecified atom stereocenters. The average molecular weight is 1220 g/mol. The zero-order valence-electron chi connectivity index (χ0n) is 25.0. The third-order valence-electron chi connectivity index (χ3n) is 4.72. The minimum Gasteiger partial charge on any atom is 1.00 e. The van der Waals surface area contributed by atoms with E-state index in [0.717, 1.165) is 16.7 Å². The van der Waals surface area contributed by atoms with E-state index in [2.05, 4.69) is 127 Å². The summed E-state index contributed by atoms with van der Waals surface area (Å²) in [6.07, 6.45) is 0. The van der Waals surface area contributed by atoms with Gasteiger partial charge in [-0.15, -0.1) is 0 Å². The number of aromatic carboxylic acids is 2. The quantitative estimate of drug-likeness (QED) is 0.207. The number of carboxylic acids is 2. The van der Waals surface area contributed by atoms with Gasteiger partial charge < -0.3 is 34.0 Å². The van der Waals surface area contributed by atoms with Gasteiger partial charge in [-0.2, -0.15) is 0 Å². The fourth-order valence-electron chi connectivity index (χ4n) is 2.84. The molecule has 250 valence electrons. The van der Waals surface area contributed by atoms with Gasteiger partial charge in [0.05, 0.1) is 43.4 Å². The number of pyridine rings is 3. The molecule has 3 aromatic heterocycles. The standard InChI is InChI=1S/C9H10BrNO3.2C8H8BrNO3.CH4.3HI.Na.V/c1-5-4-6(10)7(9(12)14-3)11-8(5)13-2;2*1-4-3-5(9)6(8(11)12)10-7(4)13-2;;;;;;/h4H,1-3H3;2*3H,1-2H3,(H,11,12);1H4;3*1H;;/q;;;;;;;+1;+3/p-4. The summed E-state index contributed by atoms with van der Waals surface area (Å²) in [4.78, 5) is 43.8. The maximum Gasteiger partial charge on any atom is 1.00 e. The maximum atomic E-state index is 11.2. The van der Waals surface area contributed by atoms with Crippen LogP contribution in [0.1, 0.15) is 55.6 Å². The molecule has 0 bridgehead atoms. The molecule has 0 aliphatic heterocycles. The number of methoxy groups -OCH3 is 4. The van der Waals surface area contributed by atoms with E-state index in [-0.39, 0.29) is 59.0 Å². The fourth-order valence-corrected chi connectivity index (χ4v) is 4.63. The zero-order chi connectivity index (χ0) is 34.3. The number of rotatable bonds is 6. The number of aromatic nitrogens is 3. The minimum atomic E-state index is -1.33. The largest absolute Gasteiger partial charge is 1.00 e. The molecule has 3 heterocycles. The second-order valence-corrected chi connectivity index (χ2v) is 45.6. The van der Waals surface area contributed by atoms with Gasteiger partial charge in [-0.25, -0.2) is 24.5 Å². The van der Waals surface area contributed by atoms with Crippen LogP contribution in [0.5, 0.6) is 17.6 Å². The molecule has 0 saturated heterocycles. The van der Waals surface area contributed by atoms with Crippen molar-refractivity contribution in [2.24, 2.45) is 0 Å². The molecule has 46 heavy (non-hydrogen) atoms. The van der Waals surface area contributed by atoms with Gasteiger partial charge in [0.25, 0.3) is 0 Å². The summed E-state index contributed by atoms with van der Waals surface area (Å²) in [6, 6.07) is 5.05. The average Bonchev–Trinajstić information content (AvgIpc) is 2.93. The third-order valence-corrected chi connectivity index (χ3v) is 6.53. The molecule has 0 aromatic carbocycles. The van der Waals surface area contributed by atoms with E-state index in [9.17, 15) is 19.5 Å². The second kappa shape index (κ2) is 26.3. The normalized spacial score (nSPS) is 9.26. The molecule has 20 heteroatoms. The van der Waals surface area contributed by atoms with Gasteiger partial charge >= 0.3 is 106 Å². The number of hydrogen-bond acceptors (Lipinski definition) is 11. The molecule has 0 aliphatic carbocycles. The Kier molecular flexibility index (Phi) is 29.1. The summed E-state index contributed by atoms with van der Waals surface area (Å²) in [5.41, 5.74) is 2.44. The third kappa shape index (κ3) is 17.9. The van der Waals surface area contributed by atoms with Crippen LogP contribution in [0, 0.1) is 20.8 Å². The SMILES string of the molecule is C.COC(=O)c1nc(OC)c(C)cc1Br.COc1nc(C(=O)O)c(Br)cc1C.COc1nc(C(=O)[O-])c(Br)cc1C.[I][V]([I])[I].[Na+]. The Morgan fingerprint density at radius 3 is 1.28 bits per heavy atom. The van der Waals surface area contributed by atoms with Gasteiger partial charge in [-0.05, 0) is 86.8 Å². The van der Waals surface area contributed by atoms with Crippen molar-refractivity contribution in [3.63, 3.8) is 0 Å². The molecule has 0 fully saturated rings. The van der Waals surface area contributed by atoms with Crippen LogP contribution in [-0.2, 0) is 9.66 Å². The summed E-state index contributed by atoms with van der Waals surface area (Å²) >= 11 is 16.8. The van der Waals surface area contributed by atoms with Gasteiger partial charge in [-0.3, -0.25) is 0 Å². The molecular weight excluding hydrogens is 1190 g/mol. The van der Waals surface area contributed by atoms with Crippen molar-refractivity contribution >= 4 is 126 Å². The maximum absolute atomic E-state index is 11.2. The van der Waals surface area contributed by atoms with E-state index >= 15 is 0 Å². The van der Waals surface area contributed by atoms with Crippen LogP contribution in [0.25, 0.3) is 0 Å². The minimum absolute atomic E-state index is 0. The Morgan fingerprint density at radius 2 is 1.00 bits per heavy atom. The van der Waals surface area contributed by atoms with Crippen LogP contribution < -0.4 is 48.9 Å². The molecule has 0 amide bonds. The fraction of sp³-hybridized carbons (Fsp3) is 0.308. The van der Waals surface area contributed by atoms with Crippen LogP contribution in [0.3, 0.4) is 0 Å². The van der Waals surface area contributed by atoms with Crippen molar-refractivity contribution in [3.8, 4) is 17.6 Å². The number of carbonyl (C=O) groups excluding carboxylic acids is 2. The van der Waals surface area contributed by atoms with Crippen molar-refractivity contribution in [1.29, 1.82) is 0 Å². The first kappa shape index (κ1) is 50.8. The van der Waals surface area contributed by atoms with Crippen molar-refractivity contribution in [2.45, 2.75) is 28.2 Å². The van der Waals surface area contributed by atoms with Gasteiger partial charge in [0.2, 0.25) is 17.6 Å². The number of nitrogens with zero attached hydrogens (tertiary/aromatic N) is 3. The summed E-state index contributed by atoms with van der Waals surface area (Å²) < 4.78 is 20.8. The van der Waals surface area contributed by atoms with Crippen LogP contribution in [-0.4, -0.2) is 66.4 Å². The molecule has 3 aromatic rings. The summed E-state index contributed by atoms with van der Waals surface area (Å²) in [5, 5.41) is 19.3. The molecule has 0 spiro atoms. The van der Waals surface area contributed by atoms with E-state index < -0.39 is 17.9 Å². The van der Waals surface area contributed by atoms with E-state index in [1.807, 2.05) is 6.92 Å². The molecular formula is C26H29Br3I3N3NaO9V. The Bertz CT molecular complexity index is 1410. The van der Waals surface area contributed by atoms with Crippen molar-refractivity contribution in [3.05, 3.63) is 65.4 Å². The summed E-state index contributed by atoms with van der Waals surface area (Å²) in [5.74, 6) is -1.85. The van der Waals surface area contributed by atoms with E-state index in [4.69, 9.17) is 19.3 Å². The molecule has 12 nitrogen and oxygen atoms in total. The van der Waals surface area contributed by atoms with E-state index in [1.54, 1.807) is 32.0 Å². The first-order valence-corrected chi connectivity index (χ1v) is 27.3. The monoisotopic (exact) mass is 1220 g/mol. The summed E-state index contributed by atoms with van der Waals surface area (Å²) in [6.45, 7) is 5.41. The molecule has 0 atom stereocenters. The topological polar surface area (TPSA) is 170 Å². The number of carboxylic acid groups (broad SMARTS) is 2. The second-order valence-electron chi connectivity index (χ2n) is 7.71. The smallest absolute Gasteiger partial charge is 1.00 e. The molecule has 0 radical (unpaired) electrons.